The Balaban J connectivity index is 1.52. The minimum absolute atomic E-state index is 0.198. The molecule has 0 aliphatic rings. The Morgan fingerprint density at radius 3 is 2.83 bits per heavy atom. The van der Waals surface area contributed by atoms with E-state index < -0.39 is 0 Å². The lowest BCUT2D eigenvalue weighted by Crippen LogP contribution is -2.25. The predicted molar refractivity (Wildman–Crippen MR) is 92.0 cm³/mol. The lowest BCUT2D eigenvalue weighted by molar-refractivity contribution is 0.0944. The standard InChI is InChI=1S/C18H22N4O2/c1-12(2)16-11-14(21-24-16)18(23)19-10-6-9-17-20-13-7-4-5-8-15(13)22(17)3/h4-5,7-8,11-12H,6,9-10H2,1-3H3,(H,19,23). The van der Waals surface area contributed by atoms with E-state index in [1.165, 1.54) is 0 Å². The highest BCUT2D eigenvalue weighted by Gasteiger charge is 2.14. The van der Waals surface area contributed by atoms with Crippen LogP contribution >= 0.6 is 0 Å². The first-order chi connectivity index (χ1) is 11.6. The number of para-hydroxylation sites is 2. The molecule has 0 saturated heterocycles. The van der Waals surface area contributed by atoms with Gasteiger partial charge in [0.15, 0.2) is 5.69 Å². The summed E-state index contributed by atoms with van der Waals surface area (Å²) in [6.45, 7) is 4.57. The Labute approximate surface area is 140 Å². The predicted octanol–water partition coefficient (Wildman–Crippen LogP) is 3.05. The van der Waals surface area contributed by atoms with Crippen LogP contribution in [0.25, 0.3) is 11.0 Å². The third kappa shape index (κ3) is 3.32. The highest BCUT2D eigenvalue weighted by Crippen LogP contribution is 2.16. The Bertz CT molecular complexity index is 848. The van der Waals surface area contributed by atoms with Crippen LogP contribution in [0.3, 0.4) is 0 Å². The Morgan fingerprint density at radius 1 is 1.33 bits per heavy atom. The molecule has 3 aromatic rings. The number of amides is 1. The van der Waals surface area contributed by atoms with Gasteiger partial charge in [0, 0.05) is 32.0 Å². The van der Waals surface area contributed by atoms with Crippen molar-refractivity contribution in [1.82, 2.24) is 20.0 Å². The molecule has 2 heterocycles. The maximum Gasteiger partial charge on any atom is 0.273 e. The van der Waals surface area contributed by atoms with Crippen LogP contribution in [0.5, 0.6) is 0 Å². The summed E-state index contributed by atoms with van der Waals surface area (Å²) in [4.78, 5) is 16.7. The molecule has 0 aliphatic carbocycles. The van der Waals surface area contributed by atoms with Crippen LogP contribution in [-0.4, -0.2) is 27.2 Å². The Kier molecular flexibility index (Phi) is 4.64. The van der Waals surface area contributed by atoms with Crippen molar-refractivity contribution in [3.63, 3.8) is 0 Å². The number of carbonyl (C=O) groups is 1. The molecule has 126 valence electrons. The lowest BCUT2D eigenvalue weighted by Gasteiger charge is -2.04. The molecule has 24 heavy (non-hydrogen) atoms. The minimum atomic E-state index is -0.198. The van der Waals surface area contributed by atoms with E-state index in [9.17, 15) is 4.79 Å². The van der Waals surface area contributed by atoms with Crippen LogP contribution in [0.4, 0.5) is 0 Å². The second kappa shape index (κ2) is 6.86. The molecule has 0 fully saturated rings. The van der Waals surface area contributed by atoms with E-state index >= 15 is 0 Å². The molecule has 1 N–H and O–H groups in total. The van der Waals surface area contributed by atoms with Crippen molar-refractivity contribution in [3.05, 3.63) is 47.6 Å². The SMILES string of the molecule is CC(C)c1cc(C(=O)NCCCc2nc3ccccc3n2C)no1. The largest absolute Gasteiger partial charge is 0.360 e. The molecule has 0 radical (unpaired) electrons. The van der Waals surface area contributed by atoms with Crippen molar-refractivity contribution in [1.29, 1.82) is 0 Å². The van der Waals surface area contributed by atoms with E-state index in [4.69, 9.17) is 4.52 Å². The Hall–Kier alpha value is -2.63. The molecule has 0 unspecified atom stereocenters. The molecule has 0 bridgehead atoms. The zero-order chi connectivity index (χ0) is 17.1. The number of nitrogens with one attached hydrogen (secondary N) is 1. The van der Waals surface area contributed by atoms with E-state index in [-0.39, 0.29) is 11.8 Å². The van der Waals surface area contributed by atoms with Crippen molar-refractivity contribution >= 4 is 16.9 Å². The molecular formula is C18H22N4O2. The van der Waals surface area contributed by atoms with Gasteiger partial charge in [-0.1, -0.05) is 31.1 Å². The summed E-state index contributed by atoms with van der Waals surface area (Å²) >= 11 is 0. The van der Waals surface area contributed by atoms with Gasteiger partial charge >= 0.3 is 0 Å². The van der Waals surface area contributed by atoms with Crippen LogP contribution in [0.1, 0.15) is 48.3 Å². The number of benzene rings is 1. The number of fused-ring (bicyclic) bond motifs is 1. The highest BCUT2D eigenvalue weighted by atomic mass is 16.5. The maximum absolute atomic E-state index is 12.0. The van der Waals surface area contributed by atoms with Gasteiger partial charge in [0.25, 0.3) is 5.91 Å². The Morgan fingerprint density at radius 2 is 2.12 bits per heavy atom. The van der Waals surface area contributed by atoms with Crippen LogP contribution in [0, 0.1) is 0 Å². The summed E-state index contributed by atoms with van der Waals surface area (Å²) in [6, 6.07) is 9.77. The second-order valence-corrected chi connectivity index (χ2v) is 6.20. The number of nitrogens with zero attached hydrogens (tertiary/aromatic N) is 3. The molecule has 2 aromatic heterocycles. The average Bonchev–Trinajstić information content (AvgIpc) is 3.18. The number of carbonyl (C=O) groups excluding carboxylic acids is 1. The van der Waals surface area contributed by atoms with Crippen molar-refractivity contribution in [2.45, 2.75) is 32.6 Å². The number of imidazole rings is 1. The number of hydrogen-bond acceptors (Lipinski definition) is 4. The monoisotopic (exact) mass is 326 g/mol. The van der Waals surface area contributed by atoms with E-state index in [0.717, 1.165) is 35.5 Å². The van der Waals surface area contributed by atoms with Gasteiger partial charge in [0.2, 0.25) is 0 Å². The molecule has 6 heteroatoms. The van der Waals surface area contributed by atoms with E-state index in [2.05, 4.69) is 26.1 Å². The van der Waals surface area contributed by atoms with Crippen molar-refractivity contribution in [2.24, 2.45) is 7.05 Å². The van der Waals surface area contributed by atoms with Crippen molar-refractivity contribution in [3.8, 4) is 0 Å². The number of aromatic nitrogens is 3. The first kappa shape index (κ1) is 16.2. The zero-order valence-electron chi connectivity index (χ0n) is 14.2. The van der Waals surface area contributed by atoms with Crippen molar-refractivity contribution in [2.75, 3.05) is 6.54 Å². The molecule has 6 nitrogen and oxygen atoms in total. The third-order valence-corrected chi connectivity index (χ3v) is 4.07. The summed E-state index contributed by atoms with van der Waals surface area (Å²) in [5.74, 6) is 1.76. The number of aryl methyl sites for hydroxylation is 2. The first-order valence-electron chi connectivity index (χ1n) is 8.21. The summed E-state index contributed by atoms with van der Waals surface area (Å²) in [5.41, 5.74) is 2.46. The molecule has 1 aromatic carbocycles. The molecule has 0 saturated carbocycles. The van der Waals surface area contributed by atoms with Gasteiger partial charge in [-0.05, 0) is 18.6 Å². The fourth-order valence-electron chi connectivity index (χ4n) is 2.63. The normalized spacial score (nSPS) is 11.3. The van der Waals surface area contributed by atoms with Crippen LogP contribution in [-0.2, 0) is 13.5 Å². The fourth-order valence-corrected chi connectivity index (χ4v) is 2.63. The van der Waals surface area contributed by atoms with E-state index in [0.29, 0.717) is 12.2 Å². The van der Waals surface area contributed by atoms with Gasteiger partial charge in [0.1, 0.15) is 11.6 Å². The third-order valence-electron chi connectivity index (χ3n) is 4.07. The molecule has 0 spiro atoms. The van der Waals surface area contributed by atoms with Crippen LogP contribution < -0.4 is 5.32 Å². The summed E-state index contributed by atoms with van der Waals surface area (Å²) in [7, 11) is 2.02. The number of rotatable bonds is 6. The quantitative estimate of drug-likeness (QED) is 0.707. The van der Waals surface area contributed by atoms with Gasteiger partial charge in [-0.25, -0.2) is 4.98 Å². The second-order valence-electron chi connectivity index (χ2n) is 6.20. The van der Waals surface area contributed by atoms with Gasteiger partial charge in [0.05, 0.1) is 11.0 Å². The van der Waals surface area contributed by atoms with Crippen molar-refractivity contribution < 1.29 is 9.32 Å². The number of hydrogen-bond donors (Lipinski definition) is 1. The molecule has 3 rings (SSSR count). The summed E-state index contributed by atoms with van der Waals surface area (Å²) in [6.07, 6.45) is 1.62. The fraction of sp³-hybridized carbons (Fsp3) is 0.389. The van der Waals surface area contributed by atoms with Crippen LogP contribution in [0.2, 0.25) is 0 Å². The van der Waals surface area contributed by atoms with Gasteiger partial charge in [-0.15, -0.1) is 0 Å². The zero-order valence-corrected chi connectivity index (χ0v) is 14.2. The van der Waals surface area contributed by atoms with Gasteiger partial charge in [-0.3, -0.25) is 4.79 Å². The van der Waals surface area contributed by atoms with E-state index in [1.807, 2.05) is 39.1 Å². The highest BCUT2D eigenvalue weighted by molar-refractivity contribution is 5.92. The van der Waals surface area contributed by atoms with E-state index in [1.54, 1.807) is 6.07 Å². The van der Waals surface area contributed by atoms with Crippen LogP contribution in [0.15, 0.2) is 34.9 Å². The maximum atomic E-state index is 12.0. The molecule has 0 aliphatic heterocycles. The summed E-state index contributed by atoms with van der Waals surface area (Å²) < 4.78 is 7.25. The molecule has 1 amide bonds. The topological polar surface area (TPSA) is 73.0 Å². The molecule has 0 atom stereocenters. The summed E-state index contributed by atoms with van der Waals surface area (Å²) in [5, 5.41) is 6.69. The smallest absolute Gasteiger partial charge is 0.273 e. The molecular weight excluding hydrogens is 304 g/mol. The van der Waals surface area contributed by atoms with Gasteiger partial charge in [-0.2, -0.15) is 0 Å². The first-order valence-corrected chi connectivity index (χ1v) is 8.21. The average molecular weight is 326 g/mol. The lowest BCUT2D eigenvalue weighted by atomic mass is 10.1. The van der Waals surface area contributed by atoms with Gasteiger partial charge < -0.3 is 14.4 Å². The minimum Gasteiger partial charge on any atom is -0.360 e.